The fourth-order valence-electron chi connectivity index (χ4n) is 2.08. The first-order chi connectivity index (χ1) is 12.8. The van der Waals surface area contributed by atoms with E-state index in [-0.39, 0.29) is 18.3 Å². The largest absolute Gasteiger partial charge is 0.486 e. The lowest BCUT2D eigenvalue weighted by Crippen LogP contribution is -2.14. The highest BCUT2D eigenvalue weighted by atomic mass is 32.2. The van der Waals surface area contributed by atoms with Gasteiger partial charge in [-0.15, -0.1) is 28.1 Å². The van der Waals surface area contributed by atoms with Crippen molar-refractivity contribution in [2.45, 2.75) is 18.3 Å². The second-order valence-electron chi connectivity index (χ2n) is 5.07. The highest BCUT2D eigenvalue weighted by Crippen LogP contribution is 2.19. The predicted molar refractivity (Wildman–Crippen MR) is 102 cm³/mol. The van der Waals surface area contributed by atoms with E-state index < -0.39 is 0 Å². The summed E-state index contributed by atoms with van der Waals surface area (Å²) in [6.45, 7) is 4.60. The fourth-order valence-corrected chi connectivity index (χ4v) is 3.39. The van der Waals surface area contributed by atoms with Crippen molar-refractivity contribution in [1.29, 1.82) is 0 Å². The molecular formula is C17H17N5O2S2. The molecule has 3 aromatic rings. The molecule has 2 aromatic heterocycles. The molecule has 3 rings (SSSR count). The Kier molecular flexibility index (Phi) is 6.39. The maximum Gasteiger partial charge on any atom is 0.236 e. The number of allylic oxidation sites excluding steroid dienone is 1. The number of hydrogen-bond donors (Lipinski definition) is 1. The molecule has 0 saturated heterocycles. The molecule has 0 fully saturated rings. The molecule has 0 aliphatic carbocycles. The molecule has 0 saturated carbocycles. The van der Waals surface area contributed by atoms with Crippen LogP contribution >= 0.6 is 23.1 Å². The number of anilines is 1. The summed E-state index contributed by atoms with van der Waals surface area (Å²) in [4.78, 5) is 16.0. The minimum Gasteiger partial charge on any atom is -0.486 e. The van der Waals surface area contributed by atoms with Gasteiger partial charge in [-0.2, -0.15) is 0 Å². The summed E-state index contributed by atoms with van der Waals surface area (Å²) >= 11 is 2.69. The standard InChI is InChI=1S/C17H17N5O2S2/c1-2-9-22-14(11-24-13-6-4-3-5-7-13)20-21-17(22)26-12-15(23)19-16-18-8-10-25-16/h2-8,10H,1,9,11-12H2,(H,18,19,23). The van der Waals surface area contributed by atoms with Crippen molar-refractivity contribution >= 4 is 34.1 Å². The molecule has 1 N–H and O–H groups in total. The zero-order valence-electron chi connectivity index (χ0n) is 13.9. The fraction of sp³-hybridized carbons (Fsp3) is 0.176. The Labute approximate surface area is 159 Å². The molecule has 0 spiro atoms. The summed E-state index contributed by atoms with van der Waals surface area (Å²) in [5.41, 5.74) is 0. The molecule has 0 atom stereocenters. The highest BCUT2D eigenvalue weighted by Gasteiger charge is 2.14. The van der Waals surface area contributed by atoms with E-state index in [1.807, 2.05) is 40.3 Å². The molecule has 0 bridgehead atoms. The maximum atomic E-state index is 12.0. The maximum absolute atomic E-state index is 12.0. The zero-order chi connectivity index (χ0) is 18.2. The summed E-state index contributed by atoms with van der Waals surface area (Å²) in [5, 5.41) is 14.1. The van der Waals surface area contributed by atoms with Crippen LogP contribution in [-0.4, -0.2) is 31.4 Å². The van der Waals surface area contributed by atoms with Gasteiger partial charge >= 0.3 is 0 Å². The van der Waals surface area contributed by atoms with Gasteiger partial charge < -0.3 is 10.1 Å². The Morgan fingerprint density at radius 3 is 2.92 bits per heavy atom. The SMILES string of the molecule is C=CCn1c(COc2ccccc2)nnc1SCC(=O)Nc1nccs1. The number of carbonyl (C=O) groups is 1. The van der Waals surface area contributed by atoms with Gasteiger partial charge in [0.25, 0.3) is 0 Å². The van der Waals surface area contributed by atoms with Crippen LogP contribution in [-0.2, 0) is 17.9 Å². The topological polar surface area (TPSA) is 81.9 Å². The van der Waals surface area contributed by atoms with Crippen molar-refractivity contribution in [2.24, 2.45) is 0 Å². The first kappa shape index (κ1) is 18.2. The summed E-state index contributed by atoms with van der Waals surface area (Å²) in [5.74, 6) is 1.52. The minimum atomic E-state index is -0.139. The van der Waals surface area contributed by atoms with Crippen molar-refractivity contribution in [3.05, 3.63) is 60.4 Å². The van der Waals surface area contributed by atoms with E-state index >= 15 is 0 Å². The van der Waals surface area contributed by atoms with Crippen LogP contribution in [0.1, 0.15) is 5.82 Å². The molecule has 0 radical (unpaired) electrons. The first-order valence-corrected chi connectivity index (χ1v) is 9.65. The van der Waals surface area contributed by atoms with Gasteiger partial charge in [0.2, 0.25) is 5.91 Å². The van der Waals surface area contributed by atoms with Crippen molar-refractivity contribution in [1.82, 2.24) is 19.7 Å². The van der Waals surface area contributed by atoms with Crippen LogP contribution in [0.25, 0.3) is 0 Å². The van der Waals surface area contributed by atoms with E-state index in [0.717, 1.165) is 5.75 Å². The van der Waals surface area contributed by atoms with E-state index in [2.05, 4.69) is 27.1 Å². The van der Waals surface area contributed by atoms with Crippen LogP contribution in [0.5, 0.6) is 5.75 Å². The van der Waals surface area contributed by atoms with Crippen molar-refractivity contribution in [2.75, 3.05) is 11.1 Å². The van der Waals surface area contributed by atoms with E-state index in [4.69, 9.17) is 4.74 Å². The van der Waals surface area contributed by atoms with Crippen LogP contribution in [0.2, 0.25) is 0 Å². The Hall–Kier alpha value is -2.65. The average Bonchev–Trinajstić information content (AvgIpc) is 3.30. The Balaban J connectivity index is 1.60. The van der Waals surface area contributed by atoms with Crippen molar-refractivity contribution in [3.63, 3.8) is 0 Å². The lowest BCUT2D eigenvalue weighted by molar-refractivity contribution is -0.113. The summed E-state index contributed by atoms with van der Waals surface area (Å²) in [7, 11) is 0. The molecule has 0 aliphatic rings. The Morgan fingerprint density at radius 2 is 2.19 bits per heavy atom. The number of amides is 1. The van der Waals surface area contributed by atoms with Gasteiger partial charge in [-0.05, 0) is 12.1 Å². The van der Waals surface area contributed by atoms with E-state index in [1.165, 1.54) is 23.1 Å². The number of thiazole rings is 1. The van der Waals surface area contributed by atoms with Crippen LogP contribution in [0.4, 0.5) is 5.13 Å². The average molecular weight is 387 g/mol. The third-order valence-corrected chi connectivity index (χ3v) is 4.88. The molecule has 134 valence electrons. The molecule has 1 amide bonds. The molecule has 0 aliphatic heterocycles. The van der Waals surface area contributed by atoms with E-state index in [9.17, 15) is 4.79 Å². The highest BCUT2D eigenvalue weighted by molar-refractivity contribution is 7.99. The normalized spacial score (nSPS) is 10.5. The van der Waals surface area contributed by atoms with Gasteiger partial charge in [0, 0.05) is 18.1 Å². The number of carbonyl (C=O) groups excluding carboxylic acids is 1. The molecule has 26 heavy (non-hydrogen) atoms. The number of rotatable bonds is 9. The van der Waals surface area contributed by atoms with Crippen LogP contribution in [0, 0.1) is 0 Å². The molecule has 1 aromatic carbocycles. The molecule has 2 heterocycles. The minimum absolute atomic E-state index is 0.139. The number of nitrogens with zero attached hydrogens (tertiary/aromatic N) is 4. The molecule has 7 nitrogen and oxygen atoms in total. The number of para-hydroxylation sites is 1. The zero-order valence-corrected chi connectivity index (χ0v) is 15.5. The lowest BCUT2D eigenvalue weighted by Gasteiger charge is -2.09. The number of benzene rings is 1. The monoisotopic (exact) mass is 387 g/mol. The van der Waals surface area contributed by atoms with Crippen LogP contribution in [0.3, 0.4) is 0 Å². The number of hydrogen-bond acceptors (Lipinski definition) is 7. The van der Waals surface area contributed by atoms with Crippen LogP contribution in [0.15, 0.2) is 59.7 Å². The van der Waals surface area contributed by atoms with E-state index in [0.29, 0.717) is 22.7 Å². The Morgan fingerprint density at radius 1 is 1.35 bits per heavy atom. The summed E-state index contributed by atoms with van der Waals surface area (Å²) in [6.07, 6.45) is 3.40. The second kappa shape index (κ2) is 9.16. The quantitative estimate of drug-likeness (QED) is 0.448. The lowest BCUT2D eigenvalue weighted by atomic mass is 10.3. The first-order valence-electron chi connectivity index (χ1n) is 7.79. The number of nitrogens with one attached hydrogen (secondary N) is 1. The smallest absolute Gasteiger partial charge is 0.236 e. The predicted octanol–water partition coefficient (Wildman–Crippen LogP) is 3.23. The van der Waals surface area contributed by atoms with Crippen molar-refractivity contribution in [3.8, 4) is 5.75 Å². The Bertz CT molecular complexity index is 849. The molecular weight excluding hydrogens is 370 g/mol. The van der Waals surface area contributed by atoms with Gasteiger partial charge in [-0.1, -0.05) is 36.0 Å². The summed E-state index contributed by atoms with van der Waals surface area (Å²) < 4.78 is 7.62. The van der Waals surface area contributed by atoms with Crippen molar-refractivity contribution < 1.29 is 9.53 Å². The molecule has 9 heteroatoms. The summed E-state index contributed by atoms with van der Waals surface area (Å²) in [6, 6.07) is 9.51. The number of ether oxygens (including phenoxy) is 1. The number of thioether (sulfide) groups is 1. The van der Waals surface area contributed by atoms with Crippen LogP contribution < -0.4 is 10.1 Å². The van der Waals surface area contributed by atoms with Gasteiger partial charge in [0.15, 0.2) is 16.1 Å². The van der Waals surface area contributed by atoms with Gasteiger partial charge in [0.05, 0.1) is 5.75 Å². The third kappa shape index (κ3) is 4.93. The van der Waals surface area contributed by atoms with Gasteiger partial charge in [0.1, 0.15) is 12.4 Å². The third-order valence-electron chi connectivity index (χ3n) is 3.23. The van der Waals surface area contributed by atoms with E-state index in [1.54, 1.807) is 12.3 Å². The van der Waals surface area contributed by atoms with Gasteiger partial charge in [-0.25, -0.2) is 4.98 Å². The molecule has 0 unspecified atom stereocenters. The number of aromatic nitrogens is 4. The second-order valence-corrected chi connectivity index (χ2v) is 6.91. The van der Waals surface area contributed by atoms with Gasteiger partial charge in [-0.3, -0.25) is 9.36 Å².